The Kier molecular flexibility index (Phi) is 4.46. The van der Waals surface area contributed by atoms with Crippen molar-refractivity contribution in [2.24, 2.45) is 5.73 Å². The lowest BCUT2D eigenvalue weighted by atomic mass is 9.80. The summed E-state index contributed by atoms with van der Waals surface area (Å²) < 4.78 is 38.3. The molecule has 7 heteroatoms. The van der Waals surface area contributed by atoms with Gasteiger partial charge >= 0.3 is 0 Å². The summed E-state index contributed by atoms with van der Waals surface area (Å²) in [4.78, 5) is 0.147. The molecule has 3 N–H and O–H groups in total. The van der Waals surface area contributed by atoms with E-state index in [0.29, 0.717) is 17.1 Å². The first-order chi connectivity index (χ1) is 9.85. The Bertz CT molecular complexity index is 599. The van der Waals surface area contributed by atoms with E-state index in [-0.39, 0.29) is 17.0 Å². The zero-order chi connectivity index (χ0) is 15.7. The van der Waals surface area contributed by atoms with Crippen molar-refractivity contribution in [1.82, 2.24) is 4.72 Å². The van der Waals surface area contributed by atoms with Gasteiger partial charge in [-0.05, 0) is 32.3 Å². The smallest absolute Gasteiger partial charge is 0.241 e. The summed E-state index contributed by atoms with van der Waals surface area (Å²) in [5.74, 6) is 0.827. The Labute approximate surface area is 125 Å². The van der Waals surface area contributed by atoms with E-state index < -0.39 is 10.0 Å². The minimum atomic E-state index is -3.61. The van der Waals surface area contributed by atoms with Crippen molar-refractivity contribution in [3.8, 4) is 11.5 Å². The largest absolute Gasteiger partial charge is 0.493 e. The first-order valence-electron chi connectivity index (χ1n) is 6.84. The van der Waals surface area contributed by atoms with Gasteiger partial charge in [0.25, 0.3) is 0 Å². The van der Waals surface area contributed by atoms with E-state index in [2.05, 4.69) is 4.72 Å². The van der Waals surface area contributed by atoms with Crippen LogP contribution in [0.1, 0.15) is 31.7 Å². The van der Waals surface area contributed by atoms with Crippen LogP contribution < -0.4 is 19.9 Å². The van der Waals surface area contributed by atoms with Gasteiger partial charge in [-0.3, -0.25) is 0 Å². The number of nitrogens with two attached hydrogens (primary N) is 1. The van der Waals surface area contributed by atoms with E-state index in [4.69, 9.17) is 15.2 Å². The fourth-order valence-electron chi connectivity index (χ4n) is 2.51. The second-order valence-corrected chi connectivity index (χ2v) is 7.22. The third-order valence-electron chi connectivity index (χ3n) is 3.90. The Morgan fingerprint density at radius 3 is 2.38 bits per heavy atom. The summed E-state index contributed by atoms with van der Waals surface area (Å²) >= 11 is 0. The van der Waals surface area contributed by atoms with Crippen LogP contribution in [0, 0.1) is 0 Å². The lowest BCUT2D eigenvalue weighted by Gasteiger charge is -2.38. The summed E-state index contributed by atoms with van der Waals surface area (Å²) in [6, 6.07) is 2.99. The zero-order valence-electron chi connectivity index (χ0n) is 12.6. The first kappa shape index (κ1) is 16.1. The van der Waals surface area contributed by atoms with Crippen molar-refractivity contribution in [2.75, 3.05) is 14.2 Å². The molecule has 0 heterocycles. The van der Waals surface area contributed by atoms with Crippen molar-refractivity contribution < 1.29 is 17.9 Å². The van der Waals surface area contributed by atoms with Crippen LogP contribution in [0.3, 0.4) is 0 Å². The van der Waals surface area contributed by atoms with Gasteiger partial charge in [0.2, 0.25) is 10.0 Å². The Morgan fingerprint density at radius 1 is 1.29 bits per heavy atom. The number of ether oxygens (including phenoxy) is 2. The number of sulfonamides is 1. The van der Waals surface area contributed by atoms with Crippen LogP contribution in [0.4, 0.5) is 0 Å². The maximum Gasteiger partial charge on any atom is 0.241 e. The number of hydrogen-bond donors (Lipinski definition) is 2. The van der Waals surface area contributed by atoms with Gasteiger partial charge in [0.15, 0.2) is 11.5 Å². The van der Waals surface area contributed by atoms with Crippen LogP contribution >= 0.6 is 0 Å². The number of rotatable bonds is 6. The van der Waals surface area contributed by atoms with Gasteiger partial charge in [-0.1, -0.05) is 0 Å². The van der Waals surface area contributed by atoms with Crippen LogP contribution in [0.25, 0.3) is 0 Å². The molecule has 1 aliphatic carbocycles. The molecule has 1 aliphatic rings. The second kappa shape index (κ2) is 5.82. The average Bonchev–Trinajstić information content (AvgIpc) is 2.43. The summed E-state index contributed by atoms with van der Waals surface area (Å²) in [7, 11) is -0.644. The molecule has 0 atom stereocenters. The van der Waals surface area contributed by atoms with E-state index in [1.54, 1.807) is 0 Å². The normalized spacial score (nSPS) is 17.1. The Hall–Kier alpha value is -1.31. The molecule has 0 amide bonds. The summed E-state index contributed by atoms with van der Waals surface area (Å²) in [6.07, 6.45) is 2.74. The molecule has 1 aromatic carbocycles. The van der Waals surface area contributed by atoms with Crippen molar-refractivity contribution in [2.45, 2.75) is 43.2 Å². The van der Waals surface area contributed by atoms with Gasteiger partial charge in [0, 0.05) is 23.7 Å². The monoisotopic (exact) mass is 314 g/mol. The van der Waals surface area contributed by atoms with E-state index in [9.17, 15) is 8.42 Å². The molecule has 6 nitrogen and oxygen atoms in total. The molecule has 0 aliphatic heterocycles. The van der Waals surface area contributed by atoms with Crippen molar-refractivity contribution in [3.05, 3.63) is 17.7 Å². The number of benzene rings is 1. The highest BCUT2D eigenvalue weighted by Gasteiger charge is 2.36. The fraction of sp³-hybridized carbons (Fsp3) is 0.571. The highest BCUT2D eigenvalue weighted by Crippen LogP contribution is 2.36. The summed E-state index contributed by atoms with van der Waals surface area (Å²) in [5.41, 5.74) is 5.92. The summed E-state index contributed by atoms with van der Waals surface area (Å²) in [5, 5.41) is 0. The molecular weight excluding hydrogens is 292 g/mol. The molecule has 0 spiro atoms. The van der Waals surface area contributed by atoms with Crippen molar-refractivity contribution in [3.63, 3.8) is 0 Å². The molecule has 118 valence electrons. The van der Waals surface area contributed by atoms with E-state index in [0.717, 1.165) is 19.3 Å². The molecule has 2 rings (SSSR count). The minimum absolute atomic E-state index is 0.147. The van der Waals surface area contributed by atoms with Gasteiger partial charge in [0.1, 0.15) is 0 Å². The molecule has 21 heavy (non-hydrogen) atoms. The standard InChI is InChI=1S/C14H22N2O4S/c1-14(5-4-6-14)16-21(17,18)11-7-10(9-15)13(20-3)12(8-11)19-2/h7-8,16H,4-6,9,15H2,1-3H3. The molecule has 1 aromatic rings. The molecule has 0 radical (unpaired) electrons. The highest BCUT2D eigenvalue weighted by molar-refractivity contribution is 7.89. The van der Waals surface area contributed by atoms with Gasteiger partial charge in [-0.25, -0.2) is 13.1 Å². The first-order valence-corrected chi connectivity index (χ1v) is 8.32. The molecule has 0 saturated heterocycles. The van der Waals surface area contributed by atoms with Gasteiger partial charge < -0.3 is 15.2 Å². The van der Waals surface area contributed by atoms with Crippen molar-refractivity contribution >= 4 is 10.0 Å². The van der Waals surface area contributed by atoms with E-state index in [1.165, 1.54) is 26.4 Å². The topological polar surface area (TPSA) is 90.7 Å². The minimum Gasteiger partial charge on any atom is -0.493 e. The van der Waals surface area contributed by atoms with E-state index in [1.807, 2.05) is 6.92 Å². The molecular formula is C14H22N2O4S. The maximum atomic E-state index is 12.5. The van der Waals surface area contributed by atoms with Crippen LogP contribution in [0.5, 0.6) is 11.5 Å². The van der Waals surface area contributed by atoms with Gasteiger partial charge in [0.05, 0.1) is 19.1 Å². The molecule has 0 unspecified atom stereocenters. The maximum absolute atomic E-state index is 12.5. The predicted molar refractivity (Wildman–Crippen MR) is 80.0 cm³/mol. The lowest BCUT2D eigenvalue weighted by Crippen LogP contribution is -2.50. The fourth-order valence-corrected chi connectivity index (χ4v) is 4.04. The van der Waals surface area contributed by atoms with Crippen LogP contribution in [0.15, 0.2) is 17.0 Å². The third kappa shape index (κ3) is 3.14. The number of nitrogens with one attached hydrogen (secondary N) is 1. The van der Waals surface area contributed by atoms with Crippen LogP contribution in [-0.2, 0) is 16.6 Å². The summed E-state index contributed by atoms with van der Waals surface area (Å²) in [6.45, 7) is 2.08. The second-order valence-electron chi connectivity index (χ2n) is 5.54. The third-order valence-corrected chi connectivity index (χ3v) is 5.52. The number of hydrogen-bond acceptors (Lipinski definition) is 5. The lowest BCUT2D eigenvalue weighted by molar-refractivity contribution is 0.248. The SMILES string of the molecule is COc1cc(S(=O)(=O)NC2(C)CCC2)cc(CN)c1OC. The predicted octanol–water partition coefficient (Wildman–Crippen LogP) is 1.38. The highest BCUT2D eigenvalue weighted by atomic mass is 32.2. The molecule has 1 saturated carbocycles. The number of methoxy groups -OCH3 is 2. The van der Waals surface area contributed by atoms with Gasteiger partial charge in [-0.15, -0.1) is 0 Å². The van der Waals surface area contributed by atoms with Gasteiger partial charge in [-0.2, -0.15) is 0 Å². The molecule has 0 bridgehead atoms. The van der Waals surface area contributed by atoms with Crippen molar-refractivity contribution in [1.29, 1.82) is 0 Å². The zero-order valence-corrected chi connectivity index (χ0v) is 13.4. The quantitative estimate of drug-likeness (QED) is 0.828. The molecule has 1 fully saturated rings. The Morgan fingerprint density at radius 2 is 1.95 bits per heavy atom. The van der Waals surface area contributed by atoms with E-state index >= 15 is 0 Å². The van der Waals surface area contributed by atoms with Crippen LogP contribution in [-0.4, -0.2) is 28.2 Å². The molecule has 0 aromatic heterocycles. The Balaban J connectivity index is 2.43. The van der Waals surface area contributed by atoms with Crippen LogP contribution in [0.2, 0.25) is 0 Å². The average molecular weight is 314 g/mol.